The summed E-state index contributed by atoms with van der Waals surface area (Å²) in [6, 6.07) is 4.50. The summed E-state index contributed by atoms with van der Waals surface area (Å²) in [5, 5.41) is 3.78. The second kappa shape index (κ2) is 4.94. The highest BCUT2D eigenvalue weighted by atomic mass is 16.5. The van der Waals surface area contributed by atoms with Crippen LogP contribution in [0.25, 0.3) is 0 Å². The third kappa shape index (κ3) is 1.89. The van der Waals surface area contributed by atoms with E-state index in [0.29, 0.717) is 5.69 Å². The first-order valence-corrected chi connectivity index (χ1v) is 6.82. The Morgan fingerprint density at radius 3 is 2.59 bits per heavy atom. The number of anilines is 1. The van der Waals surface area contributed by atoms with Crippen LogP contribution in [0.2, 0.25) is 0 Å². The van der Waals surface area contributed by atoms with E-state index < -0.39 is 29.7 Å². The number of aryl methyl sites for hydroxylation is 2. The van der Waals surface area contributed by atoms with Crippen LogP contribution >= 0.6 is 0 Å². The van der Waals surface area contributed by atoms with Crippen molar-refractivity contribution in [1.29, 1.82) is 0 Å². The number of ether oxygens (including phenoxy) is 1. The fraction of sp³-hybridized carbons (Fsp3) is 0.333. The van der Waals surface area contributed by atoms with Crippen LogP contribution in [0.3, 0.4) is 0 Å². The molecule has 2 heterocycles. The van der Waals surface area contributed by atoms with Crippen molar-refractivity contribution >= 4 is 29.2 Å². The molecule has 1 fully saturated rings. The van der Waals surface area contributed by atoms with Crippen molar-refractivity contribution in [3.63, 3.8) is 0 Å². The maximum Gasteiger partial charge on any atom is 0.355 e. The lowest BCUT2D eigenvalue weighted by Crippen LogP contribution is -2.36. The van der Waals surface area contributed by atoms with Gasteiger partial charge in [0.15, 0.2) is 5.71 Å². The number of carbonyl (C=O) groups excluding carboxylic acids is 3. The largest absolute Gasteiger partial charge is 0.464 e. The number of esters is 1. The summed E-state index contributed by atoms with van der Waals surface area (Å²) < 4.78 is 4.61. The van der Waals surface area contributed by atoms with Crippen LogP contribution in [0.15, 0.2) is 23.3 Å². The average Bonchev–Trinajstić information content (AvgIpc) is 3.03. The molecule has 7 heteroatoms. The first kappa shape index (κ1) is 14.2. The summed E-state index contributed by atoms with van der Waals surface area (Å²) in [4.78, 5) is 37.8. The first-order chi connectivity index (χ1) is 10.5. The molecule has 1 N–H and O–H groups in total. The number of hydrogen-bond donors (Lipinski definition) is 1. The zero-order valence-corrected chi connectivity index (χ0v) is 12.4. The summed E-state index contributed by atoms with van der Waals surface area (Å²) >= 11 is 0. The van der Waals surface area contributed by atoms with Gasteiger partial charge in [-0.3, -0.25) is 15.0 Å². The molecule has 2 amide bonds. The second-order valence-electron chi connectivity index (χ2n) is 5.35. The van der Waals surface area contributed by atoms with E-state index in [1.54, 1.807) is 12.1 Å². The third-order valence-corrected chi connectivity index (χ3v) is 4.07. The number of imide groups is 1. The Morgan fingerprint density at radius 2 is 1.95 bits per heavy atom. The van der Waals surface area contributed by atoms with E-state index in [4.69, 9.17) is 0 Å². The lowest BCUT2D eigenvalue weighted by molar-refractivity contribution is -0.133. The minimum atomic E-state index is -0.929. The second-order valence-corrected chi connectivity index (χ2v) is 5.35. The maximum atomic E-state index is 12.6. The number of nitrogens with zero attached hydrogens (tertiary/aromatic N) is 2. The number of amides is 2. The number of benzene rings is 1. The van der Waals surface area contributed by atoms with Crippen LogP contribution in [-0.2, 0) is 19.1 Å². The highest BCUT2D eigenvalue weighted by Crippen LogP contribution is 2.31. The molecule has 1 aromatic rings. The number of carbonyl (C=O) groups is 3. The number of rotatable bonds is 2. The molecular formula is C15H15N3O4. The Kier molecular flexibility index (Phi) is 3.20. The van der Waals surface area contributed by atoms with Crippen molar-refractivity contribution in [3.8, 4) is 0 Å². The van der Waals surface area contributed by atoms with Crippen molar-refractivity contribution in [2.75, 3.05) is 12.0 Å². The summed E-state index contributed by atoms with van der Waals surface area (Å²) in [6.07, 6.45) is 0. The molecule has 1 aromatic carbocycles. The number of hydrogen-bond acceptors (Lipinski definition) is 6. The molecule has 0 radical (unpaired) electrons. The maximum absolute atomic E-state index is 12.6. The van der Waals surface area contributed by atoms with Crippen LogP contribution in [0.5, 0.6) is 0 Å². The fourth-order valence-corrected chi connectivity index (χ4v) is 2.68. The SMILES string of the molecule is COC(=O)C1=NN[C@@H]2C(=O)N(c3ccc(C)c(C)c3)C(=O)[C@H]12. The predicted molar refractivity (Wildman–Crippen MR) is 78.3 cm³/mol. The lowest BCUT2D eigenvalue weighted by Gasteiger charge is -2.16. The molecule has 114 valence electrons. The van der Waals surface area contributed by atoms with Crippen LogP contribution < -0.4 is 10.3 Å². The molecule has 0 bridgehead atoms. The molecule has 0 saturated carbocycles. The van der Waals surface area contributed by atoms with Gasteiger partial charge in [-0.05, 0) is 37.1 Å². The van der Waals surface area contributed by atoms with Gasteiger partial charge in [0.1, 0.15) is 12.0 Å². The van der Waals surface area contributed by atoms with E-state index in [-0.39, 0.29) is 5.71 Å². The molecule has 1 saturated heterocycles. The quantitative estimate of drug-likeness (QED) is 0.627. The number of methoxy groups -OCH3 is 1. The lowest BCUT2D eigenvalue weighted by atomic mass is 9.99. The molecule has 0 aliphatic carbocycles. The molecule has 0 spiro atoms. The van der Waals surface area contributed by atoms with Gasteiger partial charge in [0.2, 0.25) is 5.91 Å². The molecule has 7 nitrogen and oxygen atoms in total. The van der Waals surface area contributed by atoms with Crippen molar-refractivity contribution in [2.24, 2.45) is 11.0 Å². The van der Waals surface area contributed by atoms with Gasteiger partial charge < -0.3 is 4.74 Å². The number of nitrogens with one attached hydrogen (secondary N) is 1. The van der Waals surface area contributed by atoms with Crippen molar-refractivity contribution in [3.05, 3.63) is 29.3 Å². The van der Waals surface area contributed by atoms with Crippen molar-refractivity contribution in [1.82, 2.24) is 5.43 Å². The monoisotopic (exact) mass is 301 g/mol. The zero-order chi connectivity index (χ0) is 16.0. The van der Waals surface area contributed by atoms with E-state index in [1.807, 2.05) is 19.9 Å². The predicted octanol–water partition coefficient (Wildman–Crippen LogP) is 0.294. The highest BCUT2D eigenvalue weighted by molar-refractivity contribution is 6.46. The topological polar surface area (TPSA) is 88.1 Å². The molecule has 22 heavy (non-hydrogen) atoms. The minimum absolute atomic E-state index is 0.0582. The summed E-state index contributed by atoms with van der Waals surface area (Å²) in [7, 11) is 1.21. The normalized spacial score (nSPS) is 23.2. The van der Waals surface area contributed by atoms with Gasteiger partial charge in [0.25, 0.3) is 5.91 Å². The van der Waals surface area contributed by atoms with E-state index in [9.17, 15) is 14.4 Å². The molecule has 3 rings (SSSR count). The van der Waals surface area contributed by atoms with E-state index >= 15 is 0 Å². The minimum Gasteiger partial charge on any atom is -0.464 e. The Bertz CT molecular complexity index is 725. The van der Waals surface area contributed by atoms with Crippen LogP contribution in [0.1, 0.15) is 11.1 Å². The molecule has 0 aromatic heterocycles. The van der Waals surface area contributed by atoms with Gasteiger partial charge in [-0.2, -0.15) is 5.10 Å². The van der Waals surface area contributed by atoms with Gasteiger partial charge in [0.05, 0.1) is 12.8 Å². The van der Waals surface area contributed by atoms with Gasteiger partial charge >= 0.3 is 5.97 Å². The van der Waals surface area contributed by atoms with Crippen LogP contribution in [0, 0.1) is 19.8 Å². The Hall–Kier alpha value is -2.70. The number of hydrazone groups is 1. The standard InChI is InChI=1S/C15H15N3O4/c1-7-4-5-9(6-8(7)2)18-13(19)10-11(14(18)20)16-17-12(10)15(21)22-3/h4-6,10-11,16H,1-3H3/t10-,11-/m0/s1. The molecule has 2 aliphatic rings. The van der Waals surface area contributed by atoms with E-state index in [2.05, 4.69) is 15.3 Å². The highest BCUT2D eigenvalue weighted by Gasteiger charge is 2.55. The van der Waals surface area contributed by atoms with Crippen LogP contribution in [0.4, 0.5) is 5.69 Å². The third-order valence-electron chi connectivity index (χ3n) is 4.07. The molecule has 0 unspecified atom stereocenters. The average molecular weight is 301 g/mol. The Balaban J connectivity index is 1.98. The van der Waals surface area contributed by atoms with Gasteiger partial charge in [-0.1, -0.05) is 6.07 Å². The smallest absolute Gasteiger partial charge is 0.355 e. The van der Waals surface area contributed by atoms with Crippen molar-refractivity contribution < 1.29 is 19.1 Å². The van der Waals surface area contributed by atoms with Gasteiger partial charge in [-0.25, -0.2) is 9.69 Å². The molecule has 2 atom stereocenters. The summed E-state index contributed by atoms with van der Waals surface area (Å²) in [5.41, 5.74) is 5.05. The number of fused-ring (bicyclic) bond motifs is 1. The molecule has 2 aliphatic heterocycles. The fourth-order valence-electron chi connectivity index (χ4n) is 2.68. The first-order valence-electron chi connectivity index (χ1n) is 6.82. The van der Waals surface area contributed by atoms with E-state index in [0.717, 1.165) is 16.0 Å². The van der Waals surface area contributed by atoms with Crippen molar-refractivity contribution in [2.45, 2.75) is 19.9 Å². The van der Waals surface area contributed by atoms with Crippen LogP contribution in [-0.4, -0.2) is 36.6 Å². The van der Waals surface area contributed by atoms with Gasteiger partial charge in [-0.15, -0.1) is 0 Å². The van der Waals surface area contributed by atoms with Gasteiger partial charge in [0, 0.05) is 0 Å². The molecular weight excluding hydrogens is 286 g/mol. The summed E-state index contributed by atoms with van der Waals surface area (Å²) in [5.74, 6) is -2.52. The summed E-state index contributed by atoms with van der Waals surface area (Å²) in [6.45, 7) is 3.86. The van der Waals surface area contributed by atoms with E-state index in [1.165, 1.54) is 7.11 Å². The Morgan fingerprint density at radius 1 is 1.23 bits per heavy atom. The zero-order valence-electron chi connectivity index (χ0n) is 12.4. The Labute approximate surface area is 126 Å².